The van der Waals surface area contributed by atoms with E-state index in [1.54, 1.807) is 0 Å². The summed E-state index contributed by atoms with van der Waals surface area (Å²) in [5.41, 5.74) is 5.13. The molecule has 0 unspecified atom stereocenters. The van der Waals surface area contributed by atoms with E-state index in [1.165, 1.54) is 108 Å². The summed E-state index contributed by atoms with van der Waals surface area (Å²) in [5, 5.41) is 20.5. The molecule has 0 heterocycles. The van der Waals surface area contributed by atoms with E-state index in [1.807, 2.05) is 0 Å². The molecule has 0 amide bonds. The van der Waals surface area contributed by atoms with Gasteiger partial charge >= 0.3 is 0 Å². The molecule has 11 rings (SSSR count). The topological polar surface area (TPSA) is 0 Å². The van der Waals surface area contributed by atoms with Gasteiger partial charge in [-0.3, -0.25) is 0 Å². The van der Waals surface area contributed by atoms with Crippen molar-refractivity contribution in [2.45, 2.75) is 0 Å². The van der Waals surface area contributed by atoms with Crippen LogP contribution in [0.1, 0.15) is 0 Å². The Morgan fingerprint density at radius 1 is 0.180 bits per heavy atom. The first-order valence-electron chi connectivity index (χ1n) is 17.4. The highest BCUT2D eigenvalue weighted by Gasteiger charge is 2.20. The van der Waals surface area contributed by atoms with Gasteiger partial charge in [-0.15, -0.1) is 0 Å². The lowest BCUT2D eigenvalue weighted by atomic mass is 9.83. The van der Waals surface area contributed by atoms with Crippen molar-refractivity contribution in [1.82, 2.24) is 0 Å². The van der Waals surface area contributed by atoms with Gasteiger partial charge in [-0.1, -0.05) is 158 Å². The van der Waals surface area contributed by atoms with Gasteiger partial charge in [0, 0.05) is 0 Å². The summed E-state index contributed by atoms with van der Waals surface area (Å²) in [4.78, 5) is 0. The Morgan fingerprint density at radius 2 is 0.520 bits per heavy atom. The third kappa shape index (κ3) is 3.94. The number of benzene rings is 11. The summed E-state index contributed by atoms with van der Waals surface area (Å²) < 4.78 is 0. The Hall–Kier alpha value is -6.50. The molecule has 0 nitrogen and oxygen atoms in total. The summed E-state index contributed by atoms with van der Waals surface area (Å²) >= 11 is 0. The molecule has 0 aliphatic rings. The molecule has 0 atom stereocenters. The van der Waals surface area contributed by atoms with Crippen molar-refractivity contribution in [3.8, 4) is 22.3 Å². The Balaban J connectivity index is 1.23. The van der Waals surface area contributed by atoms with Crippen molar-refractivity contribution >= 4 is 86.2 Å². The zero-order valence-electron chi connectivity index (χ0n) is 27.3. The second kappa shape index (κ2) is 10.5. The van der Waals surface area contributed by atoms with Crippen molar-refractivity contribution in [1.29, 1.82) is 0 Å². The van der Waals surface area contributed by atoms with E-state index in [0.29, 0.717) is 0 Å². The Kier molecular flexibility index (Phi) is 5.76. The van der Waals surface area contributed by atoms with Gasteiger partial charge in [-0.05, 0) is 133 Å². The van der Waals surface area contributed by atoms with Crippen LogP contribution in [0.5, 0.6) is 0 Å². The van der Waals surface area contributed by atoms with E-state index >= 15 is 0 Å². The maximum absolute atomic E-state index is 2.36. The predicted molar refractivity (Wildman–Crippen MR) is 217 cm³/mol. The Bertz CT molecular complexity index is 2930. The number of hydrogen-bond donors (Lipinski definition) is 0. The third-order valence-corrected chi connectivity index (χ3v) is 11.0. The smallest absolute Gasteiger partial charge is 0.00201 e. The van der Waals surface area contributed by atoms with Crippen molar-refractivity contribution in [2.75, 3.05) is 0 Å². The van der Waals surface area contributed by atoms with E-state index < -0.39 is 0 Å². The van der Waals surface area contributed by atoms with Gasteiger partial charge in [-0.2, -0.15) is 0 Å². The lowest BCUT2D eigenvalue weighted by molar-refractivity contribution is 1.70. The minimum Gasteiger partial charge on any atom is -0.0616 e. The van der Waals surface area contributed by atoms with Crippen LogP contribution in [-0.2, 0) is 0 Å². The zero-order valence-corrected chi connectivity index (χ0v) is 27.3. The van der Waals surface area contributed by atoms with Gasteiger partial charge < -0.3 is 0 Å². The second-order valence-corrected chi connectivity index (χ2v) is 13.6. The van der Waals surface area contributed by atoms with Crippen LogP contribution in [0, 0.1) is 0 Å². The molecule has 11 aromatic rings. The summed E-state index contributed by atoms with van der Waals surface area (Å²) in [7, 11) is 0. The van der Waals surface area contributed by atoms with Gasteiger partial charge in [0.25, 0.3) is 0 Å². The molecule has 50 heavy (non-hydrogen) atoms. The summed E-state index contributed by atoms with van der Waals surface area (Å²) in [6.07, 6.45) is 0. The molecule has 0 aliphatic carbocycles. The average molecular weight is 631 g/mol. The van der Waals surface area contributed by atoms with Crippen LogP contribution >= 0.6 is 0 Å². The molecule has 0 fully saturated rings. The molecule has 0 radical (unpaired) electrons. The van der Waals surface area contributed by atoms with Crippen LogP contribution in [0.15, 0.2) is 182 Å². The van der Waals surface area contributed by atoms with Crippen molar-refractivity contribution < 1.29 is 0 Å². The highest BCUT2D eigenvalue weighted by molar-refractivity contribution is 6.27. The molecule has 0 aliphatic heterocycles. The first-order valence-corrected chi connectivity index (χ1v) is 17.4. The van der Waals surface area contributed by atoms with Gasteiger partial charge in [0.05, 0.1) is 0 Å². The summed E-state index contributed by atoms with van der Waals surface area (Å²) in [6.45, 7) is 0. The normalized spacial score (nSPS) is 12.0. The lowest BCUT2D eigenvalue weighted by Gasteiger charge is -2.20. The summed E-state index contributed by atoms with van der Waals surface area (Å²) in [6, 6.07) is 67.7. The first-order chi connectivity index (χ1) is 24.8. The molecular weight excluding hydrogens is 601 g/mol. The minimum atomic E-state index is 1.27. The Morgan fingerprint density at radius 3 is 0.920 bits per heavy atom. The van der Waals surface area contributed by atoms with Crippen LogP contribution < -0.4 is 0 Å². The molecule has 230 valence electrons. The van der Waals surface area contributed by atoms with Gasteiger partial charge in [-0.25, -0.2) is 0 Å². The summed E-state index contributed by atoms with van der Waals surface area (Å²) in [5.74, 6) is 0. The molecule has 0 N–H and O–H groups in total. The molecule has 0 bridgehead atoms. The predicted octanol–water partition coefficient (Wildman–Crippen LogP) is 14.2. The van der Waals surface area contributed by atoms with E-state index in [-0.39, 0.29) is 0 Å². The van der Waals surface area contributed by atoms with Crippen LogP contribution in [0.25, 0.3) is 108 Å². The standard InChI is InChI=1S/C50H30/c1-3-13-33-29-47-35(27-31(33)11-1)23-25-39-37(47)19-9-21-41(39)49-43-15-5-7-17-45(43)50(46-18-8-6-16-44(46)49)42-22-10-20-38-40(42)26-24-36-28-32-12-2-4-14-34(32)30-48(36)38/h1-30H. The van der Waals surface area contributed by atoms with E-state index in [0.717, 1.165) is 0 Å². The highest BCUT2D eigenvalue weighted by atomic mass is 14.2. The molecular formula is C50H30. The fourth-order valence-electron chi connectivity index (χ4n) is 8.71. The molecule has 0 heteroatoms. The quantitative estimate of drug-likeness (QED) is 0.132. The SMILES string of the molecule is c1ccc2cc3c(ccc4c(-c5c6ccccc6c(-c6cccc7c6ccc6cc8ccccc8cc67)c6ccccc56)cccc43)cc2c1. The molecule has 0 spiro atoms. The Labute approximate surface area is 289 Å². The number of hydrogen-bond acceptors (Lipinski definition) is 0. The van der Waals surface area contributed by atoms with Crippen molar-refractivity contribution in [3.05, 3.63) is 182 Å². The maximum atomic E-state index is 2.36. The largest absolute Gasteiger partial charge is 0.0616 e. The van der Waals surface area contributed by atoms with Crippen LogP contribution in [-0.4, -0.2) is 0 Å². The van der Waals surface area contributed by atoms with Gasteiger partial charge in [0.15, 0.2) is 0 Å². The molecule has 11 aromatic carbocycles. The fourth-order valence-corrected chi connectivity index (χ4v) is 8.71. The molecule has 0 saturated heterocycles. The number of fused-ring (bicyclic) bond motifs is 10. The van der Waals surface area contributed by atoms with Crippen LogP contribution in [0.4, 0.5) is 0 Å². The number of rotatable bonds is 2. The van der Waals surface area contributed by atoms with Crippen LogP contribution in [0.3, 0.4) is 0 Å². The van der Waals surface area contributed by atoms with E-state index in [4.69, 9.17) is 0 Å². The zero-order chi connectivity index (χ0) is 32.8. The fraction of sp³-hybridized carbons (Fsp3) is 0. The van der Waals surface area contributed by atoms with Crippen molar-refractivity contribution in [3.63, 3.8) is 0 Å². The van der Waals surface area contributed by atoms with Crippen molar-refractivity contribution in [2.24, 2.45) is 0 Å². The average Bonchev–Trinajstić information content (AvgIpc) is 3.18. The minimum absolute atomic E-state index is 1.27. The van der Waals surface area contributed by atoms with Gasteiger partial charge in [0.2, 0.25) is 0 Å². The second-order valence-electron chi connectivity index (χ2n) is 13.6. The highest BCUT2D eigenvalue weighted by Crippen LogP contribution is 2.47. The van der Waals surface area contributed by atoms with E-state index in [2.05, 4.69) is 182 Å². The van der Waals surface area contributed by atoms with Gasteiger partial charge in [0.1, 0.15) is 0 Å². The maximum Gasteiger partial charge on any atom is -0.00201 e. The monoisotopic (exact) mass is 630 g/mol. The van der Waals surface area contributed by atoms with E-state index in [9.17, 15) is 0 Å². The lowest BCUT2D eigenvalue weighted by Crippen LogP contribution is -1.92. The third-order valence-electron chi connectivity index (χ3n) is 11.0. The van der Waals surface area contributed by atoms with Crippen LogP contribution in [0.2, 0.25) is 0 Å². The molecule has 0 aromatic heterocycles. The molecule has 0 saturated carbocycles. The first kappa shape index (κ1) is 27.5.